The van der Waals surface area contributed by atoms with E-state index in [-0.39, 0.29) is 6.42 Å². The van der Waals surface area contributed by atoms with Crippen molar-refractivity contribution in [1.29, 1.82) is 0 Å². The lowest BCUT2D eigenvalue weighted by atomic mass is 9.95. The molecule has 0 radical (unpaired) electrons. The Bertz CT molecular complexity index is 332. The maximum atomic E-state index is 11.0. The molecule has 0 heterocycles. The lowest BCUT2D eigenvalue weighted by molar-refractivity contribution is -0.179. The lowest BCUT2D eigenvalue weighted by Gasteiger charge is -2.25. The van der Waals surface area contributed by atoms with Gasteiger partial charge in [-0.3, -0.25) is 4.79 Å². The number of hydrogen-bond acceptors (Lipinski definition) is 4. The minimum absolute atomic E-state index is 0.297. The van der Waals surface area contributed by atoms with Crippen molar-refractivity contribution in [3.05, 3.63) is 25.3 Å². The predicted molar refractivity (Wildman–Crippen MR) is 53.7 cm³/mol. The largest absolute Gasteiger partial charge is 0.481 e. The molecule has 0 spiro atoms. The second kappa shape index (κ2) is 5.69. The molecule has 16 heavy (non-hydrogen) atoms. The number of hydrogen-bond donors (Lipinski definition) is 2. The molecule has 0 rings (SSSR count). The Morgan fingerprint density at radius 3 is 2.12 bits per heavy atom. The van der Waals surface area contributed by atoms with Crippen LogP contribution in [0, 0.1) is 0 Å². The third-order valence-electron chi connectivity index (χ3n) is 1.76. The van der Waals surface area contributed by atoms with Crippen LogP contribution in [0.3, 0.4) is 0 Å². The van der Waals surface area contributed by atoms with E-state index in [1.165, 1.54) is 6.08 Å². The van der Waals surface area contributed by atoms with Crippen LogP contribution in [0.25, 0.3) is 0 Å². The van der Waals surface area contributed by atoms with E-state index < -0.39 is 29.9 Å². The first-order valence-corrected chi connectivity index (χ1v) is 4.29. The number of aliphatic carboxylic acids is 2. The van der Waals surface area contributed by atoms with Crippen molar-refractivity contribution in [3.8, 4) is 0 Å². The van der Waals surface area contributed by atoms with E-state index in [1.807, 2.05) is 0 Å². The van der Waals surface area contributed by atoms with Gasteiger partial charge in [0.2, 0.25) is 5.60 Å². The SMILES string of the molecule is C=CCC(CC(=O)O)(OC(=O)C=C)C(=O)O. The minimum atomic E-state index is -2.13. The van der Waals surface area contributed by atoms with Gasteiger partial charge in [-0.25, -0.2) is 9.59 Å². The minimum Gasteiger partial charge on any atom is -0.481 e. The maximum Gasteiger partial charge on any atom is 0.349 e. The number of esters is 1. The molecule has 0 aromatic heterocycles. The number of carbonyl (C=O) groups excluding carboxylic acids is 1. The quantitative estimate of drug-likeness (QED) is 0.375. The summed E-state index contributed by atoms with van der Waals surface area (Å²) in [5.41, 5.74) is -2.13. The molecule has 1 unspecified atom stereocenters. The van der Waals surface area contributed by atoms with E-state index >= 15 is 0 Å². The van der Waals surface area contributed by atoms with Crippen LogP contribution >= 0.6 is 0 Å². The Morgan fingerprint density at radius 1 is 1.25 bits per heavy atom. The molecule has 0 aromatic rings. The number of carboxylic acid groups (broad SMARTS) is 2. The molecule has 0 fully saturated rings. The second-order valence-electron chi connectivity index (χ2n) is 2.99. The topological polar surface area (TPSA) is 101 Å². The molecule has 6 nitrogen and oxygen atoms in total. The third kappa shape index (κ3) is 3.56. The van der Waals surface area contributed by atoms with E-state index in [1.54, 1.807) is 0 Å². The molecule has 88 valence electrons. The van der Waals surface area contributed by atoms with Crippen molar-refractivity contribution in [1.82, 2.24) is 0 Å². The predicted octanol–water partition coefficient (Wildman–Crippen LogP) is 0.590. The fourth-order valence-corrected chi connectivity index (χ4v) is 1.07. The van der Waals surface area contributed by atoms with Crippen LogP contribution in [-0.4, -0.2) is 33.7 Å². The van der Waals surface area contributed by atoms with Crippen LogP contribution < -0.4 is 0 Å². The zero-order chi connectivity index (χ0) is 12.8. The Hall–Kier alpha value is -2.11. The van der Waals surface area contributed by atoms with Crippen molar-refractivity contribution < 1.29 is 29.3 Å². The summed E-state index contributed by atoms with van der Waals surface area (Å²) in [5.74, 6) is -3.92. The Labute approximate surface area is 91.8 Å². The monoisotopic (exact) mass is 228 g/mol. The number of carbonyl (C=O) groups is 3. The first-order valence-electron chi connectivity index (χ1n) is 4.29. The van der Waals surface area contributed by atoms with Gasteiger partial charge in [0.25, 0.3) is 0 Å². The average Bonchev–Trinajstić information content (AvgIpc) is 2.16. The summed E-state index contributed by atoms with van der Waals surface area (Å²) < 4.78 is 4.59. The molecule has 2 N–H and O–H groups in total. The number of carboxylic acids is 2. The zero-order valence-corrected chi connectivity index (χ0v) is 8.51. The summed E-state index contributed by atoms with van der Waals surface area (Å²) in [6, 6.07) is 0. The molecular formula is C10H12O6. The molecule has 0 aromatic carbocycles. The molecule has 0 saturated heterocycles. The van der Waals surface area contributed by atoms with Crippen molar-refractivity contribution in [3.63, 3.8) is 0 Å². The summed E-state index contributed by atoms with van der Waals surface area (Å²) in [4.78, 5) is 32.5. The zero-order valence-electron chi connectivity index (χ0n) is 8.51. The van der Waals surface area contributed by atoms with Gasteiger partial charge in [-0.2, -0.15) is 0 Å². The van der Waals surface area contributed by atoms with E-state index in [4.69, 9.17) is 10.2 Å². The number of ether oxygens (including phenoxy) is 1. The van der Waals surface area contributed by atoms with Crippen LogP contribution in [0.2, 0.25) is 0 Å². The van der Waals surface area contributed by atoms with Crippen molar-refractivity contribution >= 4 is 17.9 Å². The highest BCUT2D eigenvalue weighted by atomic mass is 16.6. The highest BCUT2D eigenvalue weighted by molar-refractivity contribution is 5.89. The summed E-state index contributed by atoms with van der Waals surface area (Å²) in [7, 11) is 0. The molecule has 6 heteroatoms. The summed E-state index contributed by atoms with van der Waals surface area (Å²) in [5, 5.41) is 17.5. The molecular weight excluding hydrogens is 216 g/mol. The highest BCUT2D eigenvalue weighted by Crippen LogP contribution is 2.22. The van der Waals surface area contributed by atoms with Gasteiger partial charge in [-0.1, -0.05) is 12.7 Å². The van der Waals surface area contributed by atoms with Gasteiger partial charge < -0.3 is 14.9 Å². The molecule has 0 aliphatic rings. The fourth-order valence-electron chi connectivity index (χ4n) is 1.07. The summed E-state index contributed by atoms with van der Waals surface area (Å²) >= 11 is 0. The van der Waals surface area contributed by atoms with Crippen LogP contribution in [-0.2, 0) is 19.1 Å². The van der Waals surface area contributed by atoms with E-state index in [0.29, 0.717) is 0 Å². The highest BCUT2D eigenvalue weighted by Gasteiger charge is 2.43. The van der Waals surface area contributed by atoms with Gasteiger partial charge in [0, 0.05) is 12.5 Å². The van der Waals surface area contributed by atoms with Gasteiger partial charge in [0.15, 0.2) is 0 Å². The van der Waals surface area contributed by atoms with Crippen molar-refractivity contribution in [2.45, 2.75) is 18.4 Å². The fraction of sp³-hybridized carbons (Fsp3) is 0.300. The van der Waals surface area contributed by atoms with Gasteiger partial charge in [-0.15, -0.1) is 6.58 Å². The first-order chi connectivity index (χ1) is 7.38. The van der Waals surface area contributed by atoms with E-state index in [9.17, 15) is 14.4 Å². The molecule has 0 aliphatic heterocycles. The molecule has 0 amide bonds. The van der Waals surface area contributed by atoms with Gasteiger partial charge >= 0.3 is 17.9 Å². The Balaban J connectivity index is 5.14. The maximum absolute atomic E-state index is 11.0. The molecule has 0 bridgehead atoms. The van der Waals surface area contributed by atoms with Gasteiger partial charge in [0.05, 0.1) is 6.42 Å². The standard InChI is InChI=1S/C10H12O6/c1-3-5-10(9(14)15,6-7(11)12)16-8(13)4-2/h3-4H,1-2,5-6H2,(H,11,12)(H,14,15). The summed E-state index contributed by atoms with van der Waals surface area (Å²) in [6.07, 6.45) is 0.804. The lowest BCUT2D eigenvalue weighted by Crippen LogP contribution is -2.44. The normalized spacial score (nSPS) is 13.2. The van der Waals surface area contributed by atoms with Gasteiger partial charge in [0.1, 0.15) is 0 Å². The van der Waals surface area contributed by atoms with E-state index in [2.05, 4.69) is 17.9 Å². The second-order valence-corrected chi connectivity index (χ2v) is 2.99. The Morgan fingerprint density at radius 2 is 1.81 bits per heavy atom. The molecule has 0 saturated carbocycles. The number of rotatable bonds is 7. The van der Waals surface area contributed by atoms with Crippen molar-refractivity contribution in [2.75, 3.05) is 0 Å². The van der Waals surface area contributed by atoms with Gasteiger partial charge in [-0.05, 0) is 0 Å². The smallest absolute Gasteiger partial charge is 0.349 e. The van der Waals surface area contributed by atoms with Crippen LogP contribution in [0.5, 0.6) is 0 Å². The van der Waals surface area contributed by atoms with Crippen LogP contribution in [0.15, 0.2) is 25.3 Å². The first kappa shape index (κ1) is 13.9. The van der Waals surface area contributed by atoms with Crippen LogP contribution in [0.4, 0.5) is 0 Å². The van der Waals surface area contributed by atoms with E-state index in [0.717, 1.165) is 6.08 Å². The molecule has 1 atom stereocenters. The van der Waals surface area contributed by atoms with Crippen LogP contribution in [0.1, 0.15) is 12.8 Å². The average molecular weight is 228 g/mol. The summed E-state index contributed by atoms with van der Waals surface area (Å²) in [6.45, 7) is 6.40. The Kier molecular flexibility index (Phi) is 4.94. The van der Waals surface area contributed by atoms with Crippen molar-refractivity contribution in [2.24, 2.45) is 0 Å². The third-order valence-corrected chi connectivity index (χ3v) is 1.76. The molecule has 0 aliphatic carbocycles.